The predicted octanol–water partition coefficient (Wildman–Crippen LogP) is 1.01. The van der Waals surface area contributed by atoms with Crippen LogP contribution in [0.2, 0.25) is 0 Å². The first kappa shape index (κ1) is 13.3. The summed E-state index contributed by atoms with van der Waals surface area (Å²) in [5.74, 6) is -0.335. The molecule has 0 unspecified atom stereocenters. The van der Waals surface area contributed by atoms with E-state index in [1.54, 1.807) is 12.1 Å². The van der Waals surface area contributed by atoms with Gasteiger partial charge in [0.25, 0.3) is 10.1 Å². The van der Waals surface area contributed by atoms with Gasteiger partial charge in [-0.2, -0.15) is 8.42 Å². The van der Waals surface area contributed by atoms with E-state index >= 15 is 0 Å². The molecule has 0 fully saturated rings. The lowest BCUT2D eigenvalue weighted by Crippen LogP contribution is -2.20. The maximum atomic E-state index is 11.9. The van der Waals surface area contributed by atoms with Crippen LogP contribution in [0.3, 0.4) is 0 Å². The van der Waals surface area contributed by atoms with E-state index in [2.05, 4.69) is 0 Å². The Hall–Kier alpha value is -1.18. The lowest BCUT2D eigenvalue weighted by Gasteiger charge is -2.09. The molecule has 0 saturated heterocycles. The molecule has 0 saturated carbocycles. The third kappa shape index (κ3) is 2.98. The molecule has 0 aliphatic carbocycles. The molecule has 0 amide bonds. The first-order valence-electron chi connectivity index (χ1n) is 5.19. The average molecular weight is 288 g/mol. The highest BCUT2D eigenvalue weighted by Gasteiger charge is 2.28. The van der Waals surface area contributed by atoms with Gasteiger partial charge in [-0.1, -0.05) is 17.7 Å². The average Bonchev–Trinajstić information content (AvgIpc) is 2.57. The topological polar surface area (TPSA) is 77.5 Å². The van der Waals surface area contributed by atoms with Gasteiger partial charge in [0.1, 0.15) is 6.10 Å². The minimum absolute atomic E-state index is 0.0193. The van der Waals surface area contributed by atoms with Crippen molar-refractivity contribution in [1.29, 1.82) is 0 Å². The van der Waals surface area contributed by atoms with Crippen molar-refractivity contribution in [2.75, 3.05) is 5.75 Å². The van der Waals surface area contributed by atoms with Gasteiger partial charge in [0, 0.05) is 5.41 Å². The van der Waals surface area contributed by atoms with E-state index in [4.69, 9.17) is 4.18 Å². The SMILES string of the molecule is Cc1ccc(S(=O)(=O)O[C@@H]2C=CS(=O)(=O)C2)cc1. The summed E-state index contributed by atoms with van der Waals surface area (Å²) < 4.78 is 50.9. The summed E-state index contributed by atoms with van der Waals surface area (Å²) in [7, 11) is -7.25. The van der Waals surface area contributed by atoms with Crippen LogP contribution < -0.4 is 0 Å². The molecule has 1 heterocycles. The van der Waals surface area contributed by atoms with E-state index in [9.17, 15) is 16.8 Å². The van der Waals surface area contributed by atoms with E-state index in [1.807, 2.05) is 6.92 Å². The fraction of sp³-hybridized carbons (Fsp3) is 0.273. The lowest BCUT2D eigenvalue weighted by atomic mass is 10.2. The van der Waals surface area contributed by atoms with Crippen molar-refractivity contribution in [1.82, 2.24) is 0 Å². The molecule has 1 aliphatic heterocycles. The summed E-state index contributed by atoms with van der Waals surface area (Å²) in [6.45, 7) is 1.84. The van der Waals surface area contributed by atoms with Gasteiger partial charge < -0.3 is 0 Å². The second kappa shape index (κ2) is 4.49. The van der Waals surface area contributed by atoms with Gasteiger partial charge in [0.2, 0.25) is 0 Å². The van der Waals surface area contributed by atoms with Crippen molar-refractivity contribution < 1.29 is 21.0 Å². The monoisotopic (exact) mass is 288 g/mol. The molecule has 2 rings (SSSR count). The summed E-state index contributed by atoms with van der Waals surface area (Å²) in [6, 6.07) is 6.16. The smallest absolute Gasteiger partial charge is 0.258 e. The highest BCUT2D eigenvalue weighted by atomic mass is 32.2. The van der Waals surface area contributed by atoms with Crippen LogP contribution in [0.25, 0.3) is 0 Å². The maximum Gasteiger partial charge on any atom is 0.297 e. The zero-order valence-electron chi connectivity index (χ0n) is 9.61. The number of rotatable bonds is 3. The number of hydrogen-bond acceptors (Lipinski definition) is 5. The standard InChI is InChI=1S/C11H12O5S2/c1-9-2-4-11(5-3-9)18(14,15)16-10-6-7-17(12,13)8-10/h2-7,10H,8H2,1H3/t10-/m1/s1. The Morgan fingerprint density at radius 3 is 2.33 bits per heavy atom. The highest BCUT2D eigenvalue weighted by Crippen LogP contribution is 2.19. The quantitative estimate of drug-likeness (QED) is 0.776. The Balaban J connectivity index is 2.19. The first-order chi connectivity index (χ1) is 8.28. The van der Waals surface area contributed by atoms with Crippen molar-refractivity contribution >= 4 is 20.0 Å². The molecule has 0 N–H and O–H groups in total. The van der Waals surface area contributed by atoms with Gasteiger partial charge in [0.15, 0.2) is 9.84 Å². The van der Waals surface area contributed by atoms with Crippen molar-refractivity contribution in [3.8, 4) is 0 Å². The number of sulfone groups is 1. The fourth-order valence-electron chi connectivity index (χ4n) is 1.53. The van der Waals surface area contributed by atoms with E-state index in [1.165, 1.54) is 18.2 Å². The van der Waals surface area contributed by atoms with Crippen LogP contribution in [0.5, 0.6) is 0 Å². The molecule has 18 heavy (non-hydrogen) atoms. The minimum atomic E-state index is -3.93. The molecular weight excluding hydrogens is 276 g/mol. The number of benzene rings is 1. The molecular formula is C11H12O5S2. The van der Waals surface area contributed by atoms with E-state index < -0.39 is 26.1 Å². The normalized spacial score (nSPS) is 22.2. The minimum Gasteiger partial charge on any atom is -0.258 e. The summed E-state index contributed by atoms with van der Waals surface area (Å²) >= 11 is 0. The number of hydrogen-bond donors (Lipinski definition) is 0. The van der Waals surface area contributed by atoms with Crippen molar-refractivity contribution in [3.05, 3.63) is 41.3 Å². The van der Waals surface area contributed by atoms with Gasteiger partial charge in [-0.25, -0.2) is 8.42 Å². The lowest BCUT2D eigenvalue weighted by molar-refractivity contribution is 0.279. The molecule has 0 spiro atoms. The van der Waals surface area contributed by atoms with Gasteiger partial charge in [0.05, 0.1) is 10.6 Å². The first-order valence-corrected chi connectivity index (χ1v) is 8.32. The Labute approximate surface area is 106 Å². The molecule has 1 aromatic carbocycles. The second-order valence-corrected chi connectivity index (χ2v) is 7.56. The van der Waals surface area contributed by atoms with Crippen LogP contribution in [0.15, 0.2) is 40.6 Å². The second-order valence-electron chi connectivity index (χ2n) is 4.06. The molecule has 0 radical (unpaired) electrons. The Morgan fingerprint density at radius 2 is 1.83 bits per heavy atom. The van der Waals surface area contributed by atoms with Crippen LogP contribution in [-0.4, -0.2) is 28.7 Å². The molecule has 7 heteroatoms. The van der Waals surface area contributed by atoms with E-state index in [0.29, 0.717) is 0 Å². The molecule has 1 aromatic rings. The summed E-state index contributed by atoms with van der Waals surface area (Å²) in [5, 5.41) is 0.975. The van der Waals surface area contributed by atoms with Crippen molar-refractivity contribution in [2.45, 2.75) is 17.9 Å². The maximum absolute atomic E-state index is 11.9. The van der Waals surface area contributed by atoms with Crippen molar-refractivity contribution in [3.63, 3.8) is 0 Å². The molecule has 98 valence electrons. The van der Waals surface area contributed by atoms with Gasteiger partial charge >= 0.3 is 0 Å². The van der Waals surface area contributed by atoms with Gasteiger partial charge in [-0.3, -0.25) is 4.18 Å². The van der Waals surface area contributed by atoms with Crippen LogP contribution in [0, 0.1) is 6.92 Å². The predicted molar refractivity (Wildman–Crippen MR) is 66.2 cm³/mol. The third-order valence-corrected chi connectivity index (χ3v) is 5.17. The summed E-state index contributed by atoms with van der Waals surface area (Å²) in [5.41, 5.74) is 0.928. The van der Waals surface area contributed by atoms with Crippen LogP contribution in [0.4, 0.5) is 0 Å². The van der Waals surface area contributed by atoms with Crippen LogP contribution in [-0.2, 0) is 24.1 Å². The molecule has 1 aliphatic rings. The van der Waals surface area contributed by atoms with E-state index in [-0.39, 0.29) is 10.6 Å². The number of aryl methyl sites for hydroxylation is 1. The molecule has 5 nitrogen and oxygen atoms in total. The highest BCUT2D eigenvalue weighted by molar-refractivity contribution is 7.94. The van der Waals surface area contributed by atoms with Gasteiger partial charge in [-0.15, -0.1) is 0 Å². The largest absolute Gasteiger partial charge is 0.297 e. The fourth-order valence-corrected chi connectivity index (χ4v) is 3.82. The van der Waals surface area contributed by atoms with Crippen LogP contribution in [0.1, 0.15) is 5.56 Å². The molecule has 0 aromatic heterocycles. The van der Waals surface area contributed by atoms with E-state index in [0.717, 1.165) is 11.0 Å². The van der Waals surface area contributed by atoms with Crippen molar-refractivity contribution in [2.24, 2.45) is 0 Å². The zero-order chi connectivity index (χ0) is 13.4. The molecule has 1 atom stereocenters. The molecule has 0 bridgehead atoms. The third-order valence-electron chi connectivity index (χ3n) is 2.46. The summed E-state index contributed by atoms with van der Waals surface area (Å²) in [6.07, 6.45) is 0.294. The summed E-state index contributed by atoms with van der Waals surface area (Å²) in [4.78, 5) is 0.0193. The Bertz CT molecular complexity index is 669. The zero-order valence-corrected chi connectivity index (χ0v) is 11.2. The van der Waals surface area contributed by atoms with Crippen LogP contribution >= 0.6 is 0 Å². The Kier molecular flexibility index (Phi) is 3.31. The Morgan fingerprint density at radius 1 is 1.22 bits per heavy atom. The van der Waals surface area contributed by atoms with Gasteiger partial charge in [-0.05, 0) is 25.1 Å².